The second-order valence-electron chi connectivity index (χ2n) is 3.86. The predicted molar refractivity (Wildman–Crippen MR) is 67.5 cm³/mol. The molecule has 7 heteroatoms. The lowest BCUT2D eigenvalue weighted by Gasteiger charge is -2.19. The first-order valence-electron chi connectivity index (χ1n) is 5.42. The molecule has 18 heavy (non-hydrogen) atoms. The maximum atomic E-state index is 11.3. The quantitative estimate of drug-likeness (QED) is 0.837. The van der Waals surface area contributed by atoms with Gasteiger partial charge in [0.15, 0.2) is 0 Å². The highest BCUT2D eigenvalue weighted by molar-refractivity contribution is 7.10. The molecule has 0 fully saturated rings. The molecule has 2 unspecified atom stereocenters. The second-order valence-corrected chi connectivity index (χ2v) is 4.84. The second kappa shape index (κ2) is 5.28. The van der Waals surface area contributed by atoms with Gasteiger partial charge in [0, 0.05) is 10.9 Å². The van der Waals surface area contributed by atoms with E-state index in [1.807, 2.05) is 24.4 Å². The highest BCUT2D eigenvalue weighted by Gasteiger charge is 2.22. The van der Waals surface area contributed by atoms with Gasteiger partial charge in [-0.25, -0.2) is 14.5 Å². The van der Waals surface area contributed by atoms with Crippen molar-refractivity contribution in [1.29, 1.82) is 0 Å². The van der Waals surface area contributed by atoms with Crippen LogP contribution >= 0.6 is 11.3 Å². The Morgan fingerprint density at radius 2 is 2.39 bits per heavy atom. The number of nitrogens with two attached hydrogens (primary N) is 1. The third kappa shape index (κ3) is 2.41. The number of esters is 1. The van der Waals surface area contributed by atoms with Gasteiger partial charge in [-0.05, 0) is 18.4 Å². The van der Waals surface area contributed by atoms with E-state index in [0.29, 0.717) is 0 Å². The normalized spacial score (nSPS) is 14.2. The van der Waals surface area contributed by atoms with E-state index >= 15 is 0 Å². The number of ether oxygens (including phenoxy) is 1. The summed E-state index contributed by atoms with van der Waals surface area (Å²) < 4.78 is 6.17. The van der Waals surface area contributed by atoms with Gasteiger partial charge in [-0.15, -0.1) is 16.4 Å². The minimum atomic E-state index is -0.552. The Labute approximate surface area is 108 Å². The summed E-state index contributed by atoms with van der Waals surface area (Å²) in [5, 5.41) is 6.09. The summed E-state index contributed by atoms with van der Waals surface area (Å²) in [6.07, 6.45) is 1.50. The van der Waals surface area contributed by atoms with Crippen LogP contribution in [0, 0.1) is 0 Å². The molecule has 2 rings (SSSR count). The van der Waals surface area contributed by atoms with Gasteiger partial charge in [0.1, 0.15) is 12.4 Å². The SMILES string of the molecule is COC(=O)c1ncn(C(c2cccs2)C(C)N)n1. The molecule has 0 saturated carbocycles. The van der Waals surface area contributed by atoms with Gasteiger partial charge in [-0.2, -0.15) is 0 Å². The van der Waals surface area contributed by atoms with Crippen molar-refractivity contribution in [3.63, 3.8) is 0 Å². The number of hydrogen-bond donors (Lipinski definition) is 1. The van der Waals surface area contributed by atoms with Gasteiger partial charge >= 0.3 is 5.97 Å². The van der Waals surface area contributed by atoms with E-state index in [9.17, 15) is 4.79 Å². The van der Waals surface area contributed by atoms with E-state index in [1.165, 1.54) is 13.4 Å². The number of thiophene rings is 1. The van der Waals surface area contributed by atoms with Crippen molar-refractivity contribution in [1.82, 2.24) is 14.8 Å². The average molecular weight is 266 g/mol. The summed E-state index contributed by atoms with van der Waals surface area (Å²) in [6, 6.07) is 3.66. The van der Waals surface area contributed by atoms with Crippen molar-refractivity contribution >= 4 is 17.3 Å². The van der Waals surface area contributed by atoms with Crippen molar-refractivity contribution in [3.05, 3.63) is 34.5 Å². The molecule has 0 aliphatic heterocycles. The highest BCUT2D eigenvalue weighted by Crippen LogP contribution is 2.24. The molecule has 2 N–H and O–H groups in total. The van der Waals surface area contributed by atoms with E-state index in [-0.39, 0.29) is 17.9 Å². The Balaban J connectivity index is 2.32. The third-order valence-corrected chi connectivity index (χ3v) is 3.44. The minimum absolute atomic E-state index is 0.0414. The average Bonchev–Trinajstić information content (AvgIpc) is 2.99. The molecule has 2 aromatic heterocycles. The number of carbonyl (C=O) groups is 1. The lowest BCUT2D eigenvalue weighted by Crippen LogP contribution is -2.30. The van der Waals surface area contributed by atoms with Crippen LogP contribution in [0.2, 0.25) is 0 Å². The Morgan fingerprint density at radius 1 is 1.61 bits per heavy atom. The number of aromatic nitrogens is 3. The Morgan fingerprint density at radius 3 is 2.94 bits per heavy atom. The predicted octanol–water partition coefficient (Wildman–Crippen LogP) is 1.06. The van der Waals surface area contributed by atoms with Gasteiger partial charge in [0.05, 0.1) is 7.11 Å². The smallest absolute Gasteiger partial charge is 0.377 e. The van der Waals surface area contributed by atoms with Crippen molar-refractivity contribution in [2.75, 3.05) is 7.11 Å². The Hall–Kier alpha value is -1.73. The van der Waals surface area contributed by atoms with Gasteiger partial charge in [-0.3, -0.25) is 0 Å². The number of nitrogens with zero attached hydrogens (tertiary/aromatic N) is 3. The van der Waals surface area contributed by atoms with Crippen LogP contribution in [-0.4, -0.2) is 33.9 Å². The zero-order valence-electron chi connectivity index (χ0n) is 10.1. The van der Waals surface area contributed by atoms with E-state index in [4.69, 9.17) is 5.73 Å². The molecule has 2 aromatic rings. The fourth-order valence-corrected chi connectivity index (χ4v) is 2.62. The monoisotopic (exact) mass is 266 g/mol. The first kappa shape index (κ1) is 12.7. The first-order valence-corrected chi connectivity index (χ1v) is 6.30. The number of rotatable bonds is 4. The molecule has 0 bridgehead atoms. The number of carbonyl (C=O) groups excluding carboxylic acids is 1. The minimum Gasteiger partial charge on any atom is -0.463 e. The lowest BCUT2D eigenvalue weighted by molar-refractivity contribution is 0.0586. The van der Waals surface area contributed by atoms with Crippen molar-refractivity contribution in [2.24, 2.45) is 5.73 Å². The zero-order valence-corrected chi connectivity index (χ0v) is 10.9. The van der Waals surface area contributed by atoms with Crippen LogP contribution in [-0.2, 0) is 4.74 Å². The summed E-state index contributed by atoms with van der Waals surface area (Å²) in [6.45, 7) is 1.89. The molecule has 2 atom stereocenters. The standard InChI is InChI=1S/C11H14N4O2S/c1-7(12)9(8-4-3-5-18-8)15-6-13-10(14-15)11(16)17-2/h3-7,9H,12H2,1-2H3. The zero-order chi connectivity index (χ0) is 13.1. The van der Waals surface area contributed by atoms with Crippen LogP contribution in [0.3, 0.4) is 0 Å². The molecule has 96 valence electrons. The molecule has 0 aliphatic rings. The summed E-state index contributed by atoms with van der Waals surface area (Å²) >= 11 is 1.59. The largest absolute Gasteiger partial charge is 0.463 e. The first-order chi connectivity index (χ1) is 8.63. The van der Waals surface area contributed by atoms with Gasteiger partial charge in [-0.1, -0.05) is 6.07 Å². The molecule has 0 amide bonds. The van der Waals surface area contributed by atoms with Crippen LogP contribution in [0.25, 0.3) is 0 Å². The molecule has 6 nitrogen and oxygen atoms in total. The summed E-state index contributed by atoms with van der Waals surface area (Å²) in [4.78, 5) is 16.3. The van der Waals surface area contributed by atoms with Gasteiger partial charge < -0.3 is 10.5 Å². The molecule has 0 aromatic carbocycles. The molecule has 0 radical (unpaired) electrons. The molecular formula is C11H14N4O2S. The summed E-state index contributed by atoms with van der Waals surface area (Å²) in [5.41, 5.74) is 5.98. The molecule has 0 aliphatic carbocycles. The maximum Gasteiger partial charge on any atom is 0.377 e. The van der Waals surface area contributed by atoms with Crippen molar-refractivity contribution in [2.45, 2.75) is 19.0 Å². The van der Waals surface area contributed by atoms with Crippen LogP contribution in [0.1, 0.15) is 28.5 Å². The lowest BCUT2D eigenvalue weighted by atomic mass is 10.1. The van der Waals surface area contributed by atoms with Gasteiger partial charge in [0.2, 0.25) is 0 Å². The number of hydrogen-bond acceptors (Lipinski definition) is 6. The molecular weight excluding hydrogens is 252 g/mol. The van der Waals surface area contributed by atoms with Crippen molar-refractivity contribution < 1.29 is 9.53 Å². The van der Waals surface area contributed by atoms with Crippen molar-refractivity contribution in [3.8, 4) is 0 Å². The maximum absolute atomic E-state index is 11.3. The fourth-order valence-electron chi connectivity index (χ4n) is 1.68. The Bertz CT molecular complexity index is 521. The third-order valence-electron chi connectivity index (χ3n) is 2.49. The van der Waals surface area contributed by atoms with Gasteiger partial charge in [0.25, 0.3) is 5.82 Å². The molecule has 2 heterocycles. The van der Waals surface area contributed by atoms with E-state index < -0.39 is 5.97 Å². The number of methoxy groups -OCH3 is 1. The molecule has 0 saturated heterocycles. The summed E-state index contributed by atoms with van der Waals surface area (Å²) in [7, 11) is 1.30. The topological polar surface area (TPSA) is 83.0 Å². The van der Waals surface area contributed by atoms with Crippen LogP contribution in [0.5, 0.6) is 0 Å². The van der Waals surface area contributed by atoms with Crippen LogP contribution < -0.4 is 5.73 Å². The highest BCUT2D eigenvalue weighted by atomic mass is 32.1. The van der Waals surface area contributed by atoms with E-state index in [0.717, 1.165) is 4.88 Å². The summed E-state index contributed by atoms with van der Waals surface area (Å²) in [5.74, 6) is -0.511. The molecule has 0 spiro atoms. The van der Waals surface area contributed by atoms with E-state index in [2.05, 4.69) is 14.8 Å². The fraction of sp³-hybridized carbons (Fsp3) is 0.364. The van der Waals surface area contributed by atoms with Crippen LogP contribution in [0.4, 0.5) is 0 Å². The van der Waals surface area contributed by atoms with E-state index in [1.54, 1.807) is 16.0 Å². The van der Waals surface area contributed by atoms with Crippen LogP contribution in [0.15, 0.2) is 23.8 Å². The Kier molecular flexibility index (Phi) is 3.73.